The van der Waals surface area contributed by atoms with Crippen molar-refractivity contribution in [3.05, 3.63) is 96.4 Å². The Kier molecular flexibility index (Phi) is 6.89. The van der Waals surface area contributed by atoms with Crippen LogP contribution in [0.25, 0.3) is 11.3 Å². The van der Waals surface area contributed by atoms with E-state index in [-0.39, 0.29) is 5.91 Å². The van der Waals surface area contributed by atoms with E-state index in [1.807, 2.05) is 65.8 Å². The van der Waals surface area contributed by atoms with Gasteiger partial charge in [-0.15, -0.1) is 0 Å². The molecule has 0 radical (unpaired) electrons. The number of aromatic nitrogens is 2. The third-order valence-corrected chi connectivity index (χ3v) is 6.59. The van der Waals surface area contributed by atoms with Gasteiger partial charge >= 0.3 is 0 Å². The number of anilines is 1. The Bertz CT molecular complexity index is 1290. The van der Waals surface area contributed by atoms with E-state index in [1.165, 1.54) is 0 Å². The molecule has 0 aliphatic carbocycles. The molecule has 36 heavy (non-hydrogen) atoms. The van der Waals surface area contributed by atoms with Gasteiger partial charge in [0.05, 0.1) is 25.5 Å². The Hall–Kier alpha value is -4.26. The fourth-order valence-corrected chi connectivity index (χ4v) is 4.70. The molecule has 0 saturated carbocycles. The summed E-state index contributed by atoms with van der Waals surface area (Å²) in [7, 11) is 3.31. The van der Waals surface area contributed by atoms with Crippen LogP contribution in [-0.4, -0.2) is 60.8 Å². The third-order valence-electron chi connectivity index (χ3n) is 6.59. The normalized spacial score (nSPS) is 13.5. The van der Waals surface area contributed by atoms with Gasteiger partial charge in [-0.05, 0) is 23.3 Å². The van der Waals surface area contributed by atoms with Crippen molar-refractivity contribution in [3.8, 4) is 22.8 Å². The molecule has 0 unspecified atom stereocenters. The molecule has 2 aromatic heterocycles. The van der Waals surface area contributed by atoms with E-state index in [4.69, 9.17) is 9.47 Å². The minimum absolute atomic E-state index is 0.0571. The van der Waals surface area contributed by atoms with Crippen LogP contribution in [0.1, 0.15) is 15.9 Å². The number of ether oxygens (including phenoxy) is 2. The first-order chi connectivity index (χ1) is 17.7. The van der Waals surface area contributed by atoms with Crippen molar-refractivity contribution in [1.29, 1.82) is 0 Å². The van der Waals surface area contributed by atoms with Gasteiger partial charge in [0.15, 0.2) is 0 Å². The fraction of sp³-hybridized carbons (Fsp3) is 0.241. The van der Waals surface area contributed by atoms with Crippen LogP contribution in [0.5, 0.6) is 11.5 Å². The van der Waals surface area contributed by atoms with Gasteiger partial charge in [0.1, 0.15) is 11.5 Å². The summed E-state index contributed by atoms with van der Waals surface area (Å²) in [5, 5.41) is 0. The quantitative estimate of drug-likeness (QED) is 0.386. The molecular formula is C29H30N4O3. The van der Waals surface area contributed by atoms with Crippen molar-refractivity contribution >= 4 is 11.6 Å². The molecule has 1 aliphatic heterocycles. The van der Waals surface area contributed by atoms with Crippen LogP contribution in [-0.2, 0) is 6.54 Å². The van der Waals surface area contributed by atoms with Gasteiger partial charge < -0.3 is 23.8 Å². The molecule has 0 spiro atoms. The van der Waals surface area contributed by atoms with Crippen molar-refractivity contribution < 1.29 is 14.3 Å². The molecule has 3 heterocycles. The van der Waals surface area contributed by atoms with E-state index in [0.29, 0.717) is 19.6 Å². The summed E-state index contributed by atoms with van der Waals surface area (Å²) in [6.07, 6.45) is 5.64. The molecule has 5 rings (SSSR count). The van der Waals surface area contributed by atoms with Crippen molar-refractivity contribution in [2.24, 2.45) is 0 Å². The summed E-state index contributed by atoms with van der Waals surface area (Å²) in [6.45, 7) is 3.40. The van der Waals surface area contributed by atoms with Crippen LogP contribution in [0.15, 0.2) is 85.3 Å². The summed E-state index contributed by atoms with van der Waals surface area (Å²) in [5.41, 5.74) is 4.81. The van der Waals surface area contributed by atoms with Crippen molar-refractivity contribution in [2.75, 3.05) is 45.3 Å². The topological polar surface area (TPSA) is 59.8 Å². The van der Waals surface area contributed by atoms with Crippen LogP contribution in [0, 0.1) is 0 Å². The van der Waals surface area contributed by atoms with Crippen LogP contribution < -0.4 is 14.4 Å². The van der Waals surface area contributed by atoms with E-state index in [1.54, 1.807) is 20.4 Å². The highest BCUT2D eigenvalue weighted by molar-refractivity contribution is 6.00. The van der Waals surface area contributed by atoms with E-state index >= 15 is 0 Å². The molecule has 184 valence electrons. The first kappa shape index (κ1) is 23.5. The van der Waals surface area contributed by atoms with Crippen LogP contribution in [0.4, 0.5) is 5.69 Å². The van der Waals surface area contributed by atoms with Gasteiger partial charge in [-0.1, -0.05) is 36.4 Å². The van der Waals surface area contributed by atoms with Gasteiger partial charge in [-0.3, -0.25) is 9.78 Å². The molecule has 1 saturated heterocycles. The Morgan fingerprint density at radius 1 is 0.889 bits per heavy atom. The SMILES string of the molecule is COc1cc(OC)cc(N2CCN(C(=O)c3ccn(Cc4cccnc4)c3-c3ccccc3)CC2)c1. The molecule has 2 aromatic carbocycles. The predicted molar refractivity (Wildman–Crippen MR) is 141 cm³/mol. The standard InChI is InChI=1S/C29H30N4O3/c1-35-25-17-24(18-26(19-25)36-2)31-13-15-32(16-14-31)29(34)27-10-12-33(21-22-7-6-11-30-20-22)28(27)23-8-4-3-5-9-23/h3-12,17-20H,13-16,21H2,1-2H3. The zero-order valence-electron chi connectivity index (χ0n) is 20.6. The zero-order chi connectivity index (χ0) is 24.9. The zero-order valence-corrected chi connectivity index (χ0v) is 20.6. The summed E-state index contributed by atoms with van der Waals surface area (Å²) in [6, 6.07) is 21.9. The van der Waals surface area contributed by atoms with Gasteiger partial charge in [-0.25, -0.2) is 0 Å². The Labute approximate surface area is 211 Å². The van der Waals surface area contributed by atoms with Crippen LogP contribution >= 0.6 is 0 Å². The van der Waals surface area contributed by atoms with Gasteiger partial charge in [0, 0.05) is 75.2 Å². The second-order valence-corrected chi connectivity index (χ2v) is 8.78. The van der Waals surface area contributed by atoms with Crippen LogP contribution in [0.3, 0.4) is 0 Å². The van der Waals surface area contributed by atoms with Gasteiger partial charge in [0.2, 0.25) is 0 Å². The molecule has 7 heteroatoms. The fourth-order valence-electron chi connectivity index (χ4n) is 4.70. The minimum Gasteiger partial charge on any atom is -0.497 e. The second kappa shape index (κ2) is 10.6. The maximum Gasteiger partial charge on any atom is 0.256 e. The number of piperazine rings is 1. The van der Waals surface area contributed by atoms with Crippen molar-refractivity contribution in [3.63, 3.8) is 0 Å². The van der Waals surface area contributed by atoms with E-state index < -0.39 is 0 Å². The number of amides is 1. The number of hydrogen-bond acceptors (Lipinski definition) is 5. The lowest BCUT2D eigenvalue weighted by Crippen LogP contribution is -2.48. The van der Waals surface area contributed by atoms with E-state index in [2.05, 4.69) is 32.7 Å². The lowest BCUT2D eigenvalue weighted by atomic mass is 10.1. The highest BCUT2D eigenvalue weighted by Crippen LogP contribution is 2.30. The highest BCUT2D eigenvalue weighted by Gasteiger charge is 2.26. The summed E-state index contributed by atoms with van der Waals surface area (Å²) in [4.78, 5) is 22.2. The molecule has 0 N–H and O–H groups in total. The second-order valence-electron chi connectivity index (χ2n) is 8.78. The maximum absolute atomic E-state index is 13.7. The average Bonchev–Trinajstić information content (AvgIpc) is 3.36. The predicted octanol–water partition coefficient (Wildman–Crippen LogP) is 4.58. The number of nitrogens with zero attached hydrogens (tertiary/aromatic N) is 4. The molecule has 1 amide bonds. The lowest BCUT2D eigenvalue weighted by Gasteiger charge is -2.36. The molecule has 4 aromatic rings. The largest absolute Gasteiger partial charge is 0.497 e. The molecule has 1 aliphatic rings. The van der Waals surface area contributed by atoms with Crippen LogP contribution in [0.2, 0.25) is 0 Å². The number of benzene rings is 2. The van der Waals surface area contributed by atoms with Crippen molar-refractivity contribution in [1.82, 2.24) is 14.5 Å². The highest BCUT2D eigenvalue weighted by atomic mass is 16.5. The summed E-state index contributed by atoms with van der Waals surface area (Å²) >= 11 is 0. The Morgan fingerprint density at radius 2 is 1.61 bits per heavy atom. The average molecular weight is 483 g/mol. The monoisotopic (exact) mass is 482 g/mol. The Balaban J connectivity index is 1.37. The lowest BCUT2D eigenvalue weighted by molar-refractivity contribution is 0.0747. The molecule has 0 atom stereocenters. The number of carbonyl (C=O) groups is 1. The van der Waals surface area contributed by atoms with Gasteiger partial charge in [0.25, 0.3) is 5.91 Å². The van der Waals surface area contributed by atoms with E-state index in [9.17, 15) is 4.79 Å². The molecule has 0 bridgehead atoms. The first-order valence-electron chi connectivity index (χ1n) is 12.1. The van der Waals surface area contributed by atoms with E-state index in [0.717, 1.165) is 52.7 Å². The van der Waals surface area contributed by atoms with Gasteiger partial charge in [-0.2, -0.15) is 0 Å². The number of methoxy groups -OCH3 is 2. The Morgan fingerprint density at radius 3 is 2.25 bits per heavy atom. The molecule has 7 nitrogen and oxygen atoms in total. The maximum atomic E-state index is 13.7. The number of carbonyl (C=O) groups excluding carboxylic acids is 1. The minimum atomic E-state index is 0.0571. The summed E-state index contributed by atoms with van der Waals surface area (Å²) < 4.78 is 13.0. The third kappa shape index (κ3) is 4.91. The van der Waals surface area contributed by atoms with Crippen molar-refractivity contribution in [2.45, 2.75) is 6.54 Å². The first-order valence-corrected chi connectivity index (χ1v) is 12.1. The number of rotatable bonds is 7. The summed E-state index contributed by atoms with van der Waals surface area (Å²) in [5.74, 6) is 1.57. The number of hydrogen-bond donors (Lipinski definition) is 0. The molecular weight excluding hydrogens is 452 g/mol. The molecule has 1 fully saturated rings. The smallest absolute Gasteiger partial charge is 0.256 e. The number of pyridine rings is 1.